The van der Waals surface area contributed by atoms with Gasteiger partial charge in [-0.05, 0) is 19.9 Å². The molecule has 108 valence electrons. The lowest BCUT2D eigenvalue weighted by molar-refractivity contribution is -0.144. The number of nitrogens with one attached hydrogen (secondary N) is 1. The Kier molecular flexibility index (Phi) is 3.65. The van der Waals surface area contributed by atoms with Gasteiger partial charge in [-0.3, -0.25) is 14.6 Å². The van der Waals surface area contributed by atoms with E-state index < -0.39 is 5.54 Å². The van der Waals surface area contributed by atoms with Crippen LogP contribution < -0.4 is 5.32 Å². The Morgan fingerprint density at radius 2 is 2.10 bits per heavy atom. The molecule has 2 rings (SSSR count). The molecule has 1 N–H and O–H groups in total. The van der Waals surface area contributed by atoms with Crippen molar-refractivity contribution in [3.8, 4) is 0 Å². The molecule has 1 saturated heterocycles. The van der Waals surface area contributed by atoms with E-state index in [9.17, 15) is 9.59 Å². The topological polar surface area (TPSA) is 65.5 Å². The molecule has 2 heterocycles. The van der Waals surface area contributed by atoms with Crippen LogP contribution in [-0.4, -0.2) is 59.3 Å². The summed E-state index contributed by atoms with van der Waals surface area (Å²) in [6.07, 6.45) is 3.19. The largest absolute Gasteiger partial charge is 0.386 e. The third-order valence-corrected chi connectivity index (χ3v) is 3.77. The number of anilines is 1. The zero-order valence-corrected chi connectivity index (χ0v) is 12.3. The Morgan fingerprint density at radius 3 is 2.75 bits per heavy atom. The van der Waals surface area contributed by atoms with Gasteiger partial charge >= 0.3 is 0 Å². The van der Waals surface area contributed by atoms with Gasteiger partial charge in [0.1, 0.15) is 5.54 Å². The predicted molar refractivity (Wildman–Crippen MR) is 76.5 cm³/mol. The van der Waals surface area contributed by atoms with E-state index >= 15 is 0 Å². The highest BCUT2D eigenvalue weighted by Crippen LogP contribution is 2.25. The first-order valence-corrected chi connectivity index (χ1v) is 6.59. The number of amides is 2. The zero-order chi connectivity index (χ0) is 14.9. The number of nitrogens with zero attached hydrogens (tertiary/aromatic N) is 3. The highest BCUT2D eigenvalue weighted by atomic mass is 16.2. The van der Waals surface area contributed by atoms with Crippen LogP contribution in [0.25, 0.3) is 0 Å². The molecule has 1 fully saturated rings. The van der Waals surface area contributed by atoms with Crippen molar-refractivity contribution in [2.75, 3.05) is 32.5 Å². The van der Waals surface area contributed by atoms with Gasteiger partial charge in [0.15, 0.2) is 0 Å². The Morgan fingerprint density at radius 1 is 1.40 bits per heavy atom. The summed E-state index contributed by atoms with van der Waals surface area (Å²) < 4.78 is 0. The molecule has 0 aliphatic carbocycles. The van der Waals surface area contributed by atoms with Crippen LogP contribution in [0.5, 0.6) is 0 Å². The second-order valence-electron chi connectivity index (χ2n) is 5.41. The number of pyridine rings is 1. The Bertz CT molecular complexity index is 542. The maximum absolute atomic E-state index is 12.7. The summed E-state index contributed by atoms with van der Waals surface area (Å²) in [4.78, 5) is 32.3. The van der Waals surface area contributed by atoms with E-state index in [0.29, 0.717) is 24.3 Å². The van der Waals surface area contributed by atoms with Gasteiger partial charge in [-0.1, -0.05) is 0 Å². The standard InChI is InChI=1S/C14H20N4O2/c1-14(2)13(20)17(4)7-8-18(14)12(19)10-5-6-16-9-11(10)15-3/h5-6,9,15H,7-8H2,1-4H3. The average molecular weight is 276 g/mol. The van der Waals surface area contributed by atoms with Crippen LogP contribution in [0.4, 0.5) is 5.69 Å². The molecule has 1 aromatic heterocycles. The lowest BCUT2D eigenvalue weighted by atomic mass is 9.96. The summed E-state index contributed by atoms with van der Waals surface area (Å²) in [6, 6.07) is 1.67. The van der Waals surface area contributed by atoms with Crippen molar-refractivity contribution in [2.24, 2.45) is 0 Å². The van der Waals surface area contributed by atoms with Gasteiger partial charge in [0.25, 0.3) is 5.91 Å². The molecule has 1 aliphatic heterocycles. The first-order chi connectivity index (χ1) is 9.39. The van der Waals surface area contributed by atoms with Crippen molar-refractivity contribution >= 4 is 17.5 Å². The van der Waals surface area contributed by atoms with E-state index in [1.54, 1.807) is 56.2 Å². The molecule has 0 bridgehead atoms. The van der Waals surface area contributed by atoms with Crippen LogP contribution >= 0.6 is 0 Å². The van der Waals surface area contributed by atoms with E-state index in [0.717, 1.165) is 0 Å². The summed E-state index contributed by atoms with van der Waals surface area (Å²) in [5.74, 6) is -0.194. The lowest BCUT2D eigenvalue weighted by Gasteiger charge is -2.44. The highest BCUT2D eigenvalue weighted by molar-refractivity contribution is 6.03. The fourth-order valence-corrected chi connectivity index (χ4v) is 2.49. The molecule has 0 saturated carbocycles. The van der Waals surface area contributed by atoms with E-state index in [2.05, 4.69) is 10.3 Å². The van der Waals surface area contributed by atoms with Gasteiger partial charge in [-0.2, -0.15) is 0 Å². The summed E-state index contributed by atoms with van der Waals surface area (Å²) in [6.45, 7) is 4.64. The van der Waals surface area contributed by atoms with Crippen LogP contribution in [-0.2, 0) is 4.79 Å². The summed E-state index contributed by atoms with van der Waals surface area (Å²) in [5.41, 5.74) is 0.367. The predicted octanol–water partition coefficient (Wildman–Crippen LogP) is 0.816. The van der Waals surface area contributed by atoms with E-state index in [-0.39, 0.29) is 11.8 Å². The van der Waals surface area contributed by atoms with Crippen LogP contribution in [0, 0.1) is 0 Å². The second kappa shape index (κ2) is 5.11. The molecule has 6 heteroatoms. The first kappa shape index (κ1) is 14.3. The maximum Gasteiger partial charge on any atom is 0.257 e. The maximum atomic E-state index is 12.7. The fraction of sp³-hybridized carbons (Fsp3) is 0.500. The first-order valence-electron chi connectivity index (χ1n) is 6.59. The zero-order valence-electron chi connectivity index (χ0n) is 12.3. The second-order valence-corrected chi connectivity index (χ2v) is 5.41. The van der Waals surface area contributed by atoms with Gasteiger partial charge in [0.05, 0.1) is 17.4 Å². The molecule has 6 nitrogen and oxygen atoms in total. The Hall–Kier alpha value is -2.11. The SMILES string of the molecule is CNc1cnccc1C(=O)N1CCN(C)C(=O)C1(C)C. The number of carbonyl (C=O) groups is 2. The third-order valence-electron chi connectivity index (χ3n) is 3.77. The highest BCUT2D eigenvalue weighted by Gasteiger charge is 2.43. The van der Waals surface area contributed by atoms with Crippen molar-refractivity contribution in [2.45, 2.75) is 19.4 Å². The van der Waals surface area contributed by atoms with Crippen molar-refractivity contribution in [3.05, 3.63) is 24.0 Å². The molecule has 1 aliphatic rings. The molecule has 2 amide bonds. The van der Waals surface area contributed by atoms with Gasteiger partial charge in [-0.25, -0.2) is 0 Å². The Labute approximate surface area is 118 Å². The van der Waals surface area contributed by atoms with Crippen LogP contribution in [0.3, 0.4) is 0 Å². The number of likely N-dealkylation sites (N-methyl/N-ethyl adjacent to an activating group) is 1. The minimum Gasteiger partial charge on any atom is -0.386 e. The van der Waals surface area contributed by atoms with Crippen molar-refractivity contribution in [3.63, 3.8) is 0 Å². The molecule has 0 radical (unpaired) electrons. The minimum atomic E-state index is -0.835. The number of piperazine rings is 1. The summed E-state index contributed by atoms with van der Waals surface area (Å²) in [5, 5.41) is 2.96. The number of carbonyl (C=O) groups excluding carboxylic acids is 2. The van der Waals surface area contributed by atoms with Gasteiger partial charge in [0, 0.05) is 33.4 Å². The third kappa shape index (κ3) is 2.21. The monoisotopic (exact) mass is 276 g/mol. The molecule has 0 unspecified atom stereocenters. The van der Waals surface area contributed by atoms with E-state index in [1.807, 2.05) is 0 Å². The smallest absolute Gasteiger partial charge is 0.257 e. The molecule has 0 aromatic carbocycles. The normalized spacial score (nSPS) is 18.1. The molecular weight excluding hydrogens is 256 g/mol. The van der Waals surface area contributed by atoms with Gasteiger partial charge in [0.2, 0.25) is 5.91 Å². The van der Waals surface area contributed by atoms with Crippen LogP contribution in [0.2, 0.25) is 0 Å². The summed E-state index contributed by atoms with van der Waals surface area (Å²) >= 11 is 0. The molecule has 1 aromatic rings. The quantitative estimate of drug-likeness (QED) is 0.868. The Balaban J connectivity index is 2.36. The minimum absolute atomic E-state index is 0.0443. The molecule has 0 atom stereocenters. The van der Waals surface area contributed by atoms with E-state index in [4.69, 9.17) is 0 Å². The van der Waals surface area contributed by atoms with Gasteiger partial charge < -0.3 is 15.1 Å². The summed E-state index contributed by atoms with van der Waals surface area (Å²) in [7, 11) is 3.51. The van der Waals surface area contributed by atoms with Crippen LogP contribution in [0.15, 0.2) is 18.5 Å². The number of hydrogen-bond donors (Lipinski definition) is 1. The van der Waals surface area contributed by atoms with E-state index in [1.165, 1.54) is 0 Å². The van der Waals surface area contributed by atoms with Gasteiger partial charge in [-0.15, -0.1) is 0 Å². The fourth-order valence-electron chi connectivity index (χ4n) is 2.49. The molecular formula is C14H20N4O2. The number of hydrogen-bond acceptors (Lipinski definition) is 4. The van der Waals surface area contributed by atoms with Crippen LogP contribution in [0.1, 0.15) is 24.2 Å². The van der Waals surface area contributed by atoms with Crippen molar-refractivity contribution < 1.29 is 9.59 Å². The lowest BCUT2D eigenvalue weighted by Crippen LogP contribution is -2.63. The number of aromatic nitrogens is 1. The van der Waals surface area contributed by atoms with Crippen molar-refractivity contribution in [1.82, 2.24) is 14.8 Å². The average Bonchev–Trinajstić information content (AvgIpc) is 2.44. The molecule has 0 spiro atoms. The molecule has 20 heavy (non-hydrogen) atoms. The number of rotatable bonds is 2. The van der Waals surface area contributed by atoms with Crippen molar-refractivity contribution in [1.29, 1.82) is 0 Å².